The summed E-state index contributed by atoms with van der Waals surface area (Å²) in [6.45, 7) is 10.5. The molecular formula is C12H25N. The quantitative estimate of drug-likeness (QED) is 0.667. The fraction of sp³-hybridized carbons (Fsp3) is 1.00. The molecule has 0 aromatic rings. The average Bonchev–Trinajstić information content (AvgIpc) is 2.82. The largest absolute Gasteiger partial charge is 0.314 e. The van der Waals surface area contributed by atoms with Gasteiger partial charge in [-0.2, -0.15) is 0 Å². The molecule has 0 radical (unpaired) electrons. The summed E-state index contributed by atoms with van der Waals surface area (Å²) < 4.78 is 0. The third kappa shape index (κ3) is 2.98. The predicted octanol–water partition coefficient (Wildman–Crippen LogP) is 3.20. The Morgan fingerprint density at radius 2 is 1.85 bits per heavy atom. The first-order chi connectivity index (χ1) is 6.10. The van der Waals surface area contributed by atoms with Crippen LogP contribution in [-0.2, 0) is 0 Å². The van der Waals surface area contributed by atoms with Gasteiger partial charge in [0.1, 0.15) is 0 Å². The van der Waals surface area contributed by atoms with Crippen LogP contribution >= 0.6 is 0 Å². The molecule has 0 amide bonds. The van der Waals surface area contributed by atoms with Crippen LogP contribution < -0.4 is 5.32 Å². The highest BCUT2D eigenvalue weighted by molar-refractivity contribution is 4.97. The second kappa shape index (κ2) is 4.45. The van der Waals surface area contributed by atoms with Crippen molar-refractivity contribution in [3.8, 4) is 0 Å². The smallest absolute Gasteiger partial charge is 0.00388 e. The molecule has 1 unspecified atom stereocenters. The van der Waals surface area contributed by atoms with E-state index in [0.29, 0.717) is 11.5 Å². The van der Waals surface area contributed by atoms with Crippen molar-refractivity contribution in [2.75, 3.05) is 6.54 Å². The van der Waals surface area contributed by atoms with Gasteiger partial charge in [0.05, 0.1) is 0 Å². The summed E-state index contributed by atoms with van der Waals surface area (Å²) in [5.74, 6) is 0.855. The van der Waals surface area contributed by atoms with Crippen LogP contribution in [0.2, 0.25) is 0 Å². The fourth-order valence-electron chi connectivity index (χ4n) is 2.03. The molecule has 1 aliphatic rings. The van der Waals surface area contributed by atoms with E-state index in [4.69, 9.17) is 0 Å². The van der Waals surface area contributed by atoms with Crippen molar-refractivity contribution in [2.45, 2.75) is 59.4 Å². The first-order valence-corrected chi connectivity index (χ1v) is 5.84. The molecule has 78 valence electrons. The van der Waals surface area contributed by atoms with Crippen LogP contribution in [0.1, 0.15) is 53.4 Å². The van der Waals surface area contributed by atoms with Crippen molar-refractivity contribution in [3.05, 3.63) is 0 Å². The maximum Gasteiger partial charge on any atom is 0.00388 e. The molecule has 0 aliphatic heterocycles. The predicted molar refractivity (Wildman–Crippen MR) is 58.9 cm³/mol. The highest BCUT2D eigenvalue weighted by Crippen LogP contribution is 2.51. The summed E-state index contributed by atoms with van der Waals surface area (Å²) in [5.41, 5.74) is 0.669. The molecule has 0 aromatic heterocycles. The molecule has 1 saturated carbocycles. The van der Waals surface area contributed by atoms with Crippen LogP contribution in [0.5, 0.6) is 0 Å². The minimum Gasteiger partial charge on any atom is -0.314 e. The third-order valence-electron chi connectivity index (χ3n) is 3.64. The molecule has 1 rings (SSSR count). The van der Waals surface area contributed by atoms with Crippen molar-refractivity contribution in [1.29, 1.82) is 0 Å². The van der Waals surface area contributed by atoms with Gasteiger partial charge in [0.15, 0.2) is 0 Å². The summed E-state index contributed by atoms with van der Waals surface area (Å²) in [5, 5.41) is 3.67. The van der Waals surface area contributed by atoms with E-state index in [1.54, 1.807) is 0 Å². The Morgan fingerprint density at radius 1 is 1.23 bits per heavy atom. The molecule has 1 aliphatic carbocycles. The number of hydrogen-bond acceptors (Lipinski definition) is 1. The minimum atomic E-state index is 0.669. The Bertz CT molecular complexity index is 147. The van der Waals surface area contributed by atoms with E-state index < -0.39 is 0 Å². The summed E-state index contributed by atoms with van der Waals surface area (Å²) in [7, 11) is 0. The summed E-state index contributed by atoms with van der Waals surface area (Å²) in [6.07, 6.45) is 5.49. The lowest BCUT2D eigenvalue weighted by atomic mass is 9.92. The van der Waals surface area contributed by atoms with Crippen molar-refractivity contribution >= 4 is 0 Å². The molecule has 1 heteroatoms. The number of rotatable bonds is 6. The van der Waals surface area contributed by atoms with E-state index in [0.717, 1.165) is 5.92 Å². The Morgan fingerprint density at radius 3 is 2.23 bits per heavy atom. The molecule has 1 N–H and O–H groups in total. The lowest BCUT2D eigenvalue weighted by Crippen LogP contribution is -2.34. The van der Waals surface area contributed by atoms with E-state index in [2.05, 4.69) is 33.0 Å². The monoisotopic (exact) mass is 183 g/mol. The third-order valence-corrected chi connectivity index (χ3v) is 3.64. The van der Waals surface area contributed by atoms with Gasteiger partial charge in [0, 0.05) is 12.6 Å². The molecule has 0 saturated heterocycles. The van der Waals surface area contributed by atoms with E-state index in [9.17, 15) is 0 Å². The molecule has 0 heterocycles. The van der Waals surface area contributed by atoms with Crippen LogP contribution in [0.4, 0.5) is 0 Å². The highest BCUT2D eigenvalue weighted by Gasteiger charge is 2.44. The summed E-state index contributed by atoms with van der Waals surface area (Å²) >= 11 is 0. The van der Waals surface area contributed by atoms with Crippen molar-refractivity contribution in [3.63, 3.8) is 0 Å². The van der Waals surface area contributed by atoms with E-state index in [-0.39, 0.29) is 0 Å². The van der Waals surface area contributed by atoms with E-state index in [1.807, 2.05) is 0 Å². The van der Waals surface area contributed by atoms with Crippen LogP contribution in [0.15, 0.2) is 0 Å². The molecule has 1 nitrogen and oxygen atoms in total. The molecule has 0 bridgehead atoms. The van der Waals surface area contributed by atoms with E-state index >= 15 is 0 Å². The van der Waals surface area contributed by atoms with Crippen LogP contribution in [-0.4, -0.2) is 12.6 Å². The van der Waals surface area contributed by atoms with Crippen LogP contribution in [0, 0.1) is 11.3 Å². The van der Waals surface area contributed by atoms with Gasteiger partial charge in [0.25, 0.3) is 0 Å². The lowest BCUT2D eigenvalue weighted by molar-refractivity contribution is 0.319. The fourth-order valence-corrected chi connectivity index (χ4v) is 2.03. The van der Waals surface area contributed by atoms with Crippen molar-refractivity contribution in [2.24, 2.45) is 11.3 Å². The van der Waals surface area contributed by atoms with Crippen LogP contribution in [0.3, 0.4) is 0 Å². The van der Waals surface area contributed by atoms with Gasteiger partial charge in [-0.3, -0.25) is 0 Å². The van der Waals surface area contributed by atoms with Gasteiger partial charge in [-0.25, -0.2) is 0 Å². The zero-order valence-electron chi connectivity index (χ0n) is 9.69. The first kappa shape index (κ1) is 11.0. The van der Waals surface area contributed by atoms with Gasteiger partial charge in [-0.15, -0.1) is 0 Å². The second-order valence-electron chi connectivity index (χ2n) is 5.09. The van der Waals surface area contributed by atoms with Crippen LogP contribution in [0.25, 0.3) is 0 Å². The first-order valence-electron chi connectivity index (χ1n) is 5.84. The van der Waals surface area contributed by atoms with Gasteiger partial charge in [-0.05, 0) is 37.5 Å². The van der Waals surface area contributed by atoms with Gasteiger partial charge in [-0.1, -0.05) is 27.2 Å². The Balaban J connectivity index is 2.18. The maximum atomic E-state index is 3.67. The molecule has 0 spiro atoms. The molecular weight excluding hydrogens is 158 g/mol. The average molecular weight is 183 g/mol. The maximum absolute atomic E-state index is 3.67. The molecule has 13 heavy (non-hydrogen) atoms. The Hall–Kier alpha value is -0.0400. The number of hydrogen-bond donors (Lipinski definition) is 1. The zero-order chi connectivity index (χ0) is 9.90. The molecule has 1 fully saturated rings. The SMILES string of the molecule is CCCC(C)NCC1(C(C)C)CC1. The standard InChI is InChI=1S/C12H25N/c1-5-6-11(4)13-9-12(7-8-12)10(2)3/h10-11,13H,5-9H2,1-4H3. The summed E-state index contributed by atoms with van der Waals surface area (Å²) in [4.78, 5) is 0. The van der Waals surface area contributed by atoms with Gasteiger partial charge in [0.2, 0.25) is 0 Å². The topological polar surface area (TPSA) is 12.0 Å². The minimum absolute atomic E-state index is 0.669. The lowest BCUT2D eigenvalue weighted by Gasteiger charge is -2.22. The van der Waals surface area contributed by atoms with Crippen molar-refractivity contribution in [1.82, 2.24) is 5.32 Å². The Kier molecular flexibility index (Phi) is 3.78. The normalized spacial score (nSPS) is 21.9. The second-order valence-corrected chi connectivity index (χ2v) is 5.09. The van der Waals surface area contributed by atoms with Gasteiger partial charge < -0.3 is 5.32 Å². The van der Waals surface area contributed by atoms with E-state index in [1.165, 1.54) is 32.2 Å². The highest BCUT2D eigenvalue weighted by atomic mass is 14.9. The molecule has 1 atom stereocenters. The zero-order valence-corrected chi connectivity index (χ0v) is 9.69. The summed E-state index contributed by atoms with van der Waals surface area (Å²) in [6, 6.07) is 0.709. The van der Waals surface area contributed by atoms with Gasteiger partial charge >= 0.3 is 0 Å². The number of nitrogens with one attached hydrogen (secondary N) is 1. The van der Waals surface area contributed by atoms with Crippen molar-refractivity contribution < 1.29 is 0 Å². The Labute approximate surface area is 83.3 Å². The molecule has 0 aromatic carbocycles.